The smallest absolute Gasteiger partial charge is 0.245 e. The third-order valence-corrected chi connectivity index (χ3v) is 4.23. The number of thiazole rings is 1. The number of nitrogens with one attached hydrogen (secondary N) is 1. The molecule has 1 fully saturated rings. The molecule has 1 aromatic rings. The highest BCUT2D eigenvalue weighted by atomic mass is 32.1. The lowest BCUT2D eigenvalue weighted by Gasteiger charge is -2.22. The lowest BCUT2D eigenvalue weighted by Crippen LogP contribution is -2.39. The van der Waals surface area contributed by atoms with Gasteiger partial charge in [0.2, 0.25) is 11.8 Å². The number of amides is 2. The van der Waals surface area contributed by atoms with Crippen LogP contribution in [0.5, 0.6) is 0 Å². The Morgan fingerprint density at radius 3 is 2.86 bits per heavy atom. The zero-order valence-corrected chi connectivity index (χ0v) is 13.9. The van der Waals surface area contributed by atoms with Crippen LogP contribution in [0.3, 0.4) is 0 Å². The highest BCUT2D eigenvalue weighted by molar-refractivity contribution is 7.13. The minimum atomic E-state index is -0.195. The van der Waals surface area contributed by atoms with E-state index in [2.05, 4.69) is 10.3 Å². The Balaban J connectivity index is 1.84. The summed E-state index contributed by atoms with van der Waals surface area (Å²) in [6.07, 6.45) is 2.62. The van der Waals surface area contributed by atoms with Crippen LogP contribution in [0.1, 0.15) is 31.9 Å². The number of hydrogen-bond donors (Lipinski definition) is 1. The van der Waals surface area contributed by atoms with Crippen LogP contribution in [0.25, 0.3) is 0 Å². The van der Waals surface area contributed by atoms with E-state index in [-0.39, 0.29) is 24.3 Å². The maximum atomic E-state index is 12.3. The van der Waals surface area contributed by atoms with Gasteiger partial charge < -0.3 is 15.0 Å². The fourth-order valence-electron chi connectivity index (χ4n) is 2.10. The first-order valence-electron chi connectivity index (χ1n) is 7.68. The normalized spacial score (nSPS) is 13.9. The lowest BCUT2D eigenvalue weighted by atomic mass is 10.3. The minimum Gasteiger partial charge on any atom is -0.382 e. The molecule has 0 saturated heterocycles. The molecular formula is C15H23N3O3S. The second kappa shape index (κ2) is 8.24. The number of ether oxygens (including phenoxy) is 1. The van der Waals surface area contributed by atoms with E-state index in [0.29, 0.717) is 24.9 Å². The van der Waals surface area contributed by atoms with E-state index in [0.717, 1.165) is 25.0 Å². The minimum absolute atomic E-state index is 0.0834. The van der Waals surface area contributed by atoms with Gasteiger partial charge in [0.05, 0.1) is 12.2 Å². The quantitative estimate of drug-likeness (QED) is 0.705. The van der Waals surface area contributed by atoms with Gasteiger partial charge in [-0.15, -0.1) is 11.3 Å². The Morgan fingerprint density at radius 1 is 1.50 bits per heavy atom. The zero-order valence-electron chi connectivity index (χ0n) is 13.1. The van der Waals surface area contributed by atoms with Gasteiger partial charge in [-0.3, -0.25) is 9.59 Å². The Hall–Kier alpha value is -1.47. The van der Waals surface area contributed by atoms with Gasteiger partial charge in [0.15, 0.2) is 5.13 Å². The van der Waals surface area contributed by atoms with Crippen LogP contribution in [0.4, 0.5) is 5.13 Å². The summed E-state index contributed by atoms with van der Waals surface area (Å²) in [6, 6.07) is 0. The molecule has 0 spiro atoms. The van der Waals surface area contributed by atoms with Crippen molar-refractivity contribution < 1.29 is 14.3 Å². The first kappa shape index (κ1) is 16.9. The number of nitrogens with zero attached hydrogens (tertiary/aromatic N) is 2. The molecule has 0 bridgehead atoms. The number of anilines is 1. The second-order valence-corrected chi connectivity index (χ2v) is 6.28. The molecule has 2 rings (SSSR count). The first-order valence-corrected chi connectivity index (χ1v) is 8.56. The summed E-state index contributed by atoms with van der Waals surface area (Å²) in [5.41, 5.74) is 0.878. The molecule has 7 heteroatoms. The molecular weight excluding hydrogens is 302 g/mol. The SMILES string of the molecule is CCOCCCN(CC(=O)Nc1nc(C)cs1)C(=O)C1CC1. The van der Waals surface area contributed by atoms with Crippen molar-refractivity contribution in [2.45, 2.75) is 33.1 Å². The van der Waals surface area contributed by atoms with E-state index in [4.69, 9.17) is 4.74 Å². The van der Waals surface area contributed by atoms with E-state index in [1.807, 2.05) is 19.2 Å². The van der Waals surface area contributed by atoms with Crippen molar-refractivity contribution in [2.75, 3.05) is 31.6 Å². The van der Waals surface area contributed by atoms with Gasteiger partial charge in [-0.1, -0.05) is 0 Å². The fraction of sp³-hybridized carbons (Fsp3) is 0.667. The van der Waals surface area contributed by atoms with Crippen LogP contribution in [0.15, 0.2) is 5.38 Å². The summed E-state index contributed by atoms with van der Waals surface area (Å²) in [5.74, 6) is 0.00345. The van der Waals surface area contributed by atoms with Gasteiger partial charge in [-0.05, 0) is 33.1 Å². The molecule has 22 heavy (non-hydrogen) atoms. The third-order valence-electron chi connectivity index (χ3n) is 3.36. The molecule has 0 aliphatic heterocycles. The average molecular weight is 325 g/mol. The lowest BCUT2D eigenvalue weighted by molar-refractivity contribution is -0.136. The predicted octanol–water partition coefficient (Wildman–Crippen LogP) is 2.06. The zero-order chi connectivity index (χ0) is 15.9. The Labute approximate surface area is 134 Å². The molecule has 2 amide bonds. The number of carbonyl (C=O) groups excluding carboxylic acids is 2. The molecule has 122 valence electrons. The highest BCUT2D eigenvalue weighted by Gasteiger charge is 2.33. The number of aromatic nitrogens is 1. The van der Waals surface area contributed by atoms with E-state index in [9.17, 15) is 9.59 Å². The monoisotopic (exact) mass is 325 g/mol. The van der Waals surface area contributed by atoms with Gasteiger partial charge in [-0.25, -0.2) is 4.98 Å². The molecule has 0 atom stereocenters. The first-order chi connectivity index (χ1) is 10.6. The van der Waals surface area contributed by atoms with E-state index in [1.165, 1.54) is 11.3 Å². The molecule has 1 aliphatic carbocycles. The Kier molecular flexibility index (Phi) is 6.33. The van der Waals surface area contributed by atoms with E-state index >= 15 is 0 Å². The molecule has 1 aliphatic rings. The number of rotatable bonds is 9. The molecule has 6 nitrogen and oxygen atoms in total. The van der Waals surface area contributed by atoms with Crippen molar-refractivity contribution in [2.24, 2.45) is 5.92 Å². The predicted molar refractivity (Wildman–Crippen MR) is 85.9 cm³/mol. The van der Waals surface area contributed by atoms with E-state index < -0.39 is 0 Å². The molecule has 1 saturated carbocycles. The van der Waals surface area contributed by atoms with Crippen molar-refractivity contribution in [3.8, 4) is 0 Å². The summed E-state index contributed by atoms with van der Waals surface area (Å²) in [6.45, 7) is 5.73. The largest absolute Gasteiger partial charge is 0.382 e. The van der Waals surface area contributed by atoms with Crippen LogP contribution in [0.2, 0.25) is 0 Å². The average Bonchev–Trinajstić information content (AvgIpc) is 3.25. The molecule has 1 heterocycles. The Bertz CT molecular complexity index is 514. The summed E-state index contributed by atoms with van der Waals surface area (Å²) < 4.78 is 5.30. The van der Waals surface area contributed by atoms with Crippen LogP contribution in [-0.2, 0) is 14.3 Å². The van der Waals surface area contributed by atoms with Gasteiger partial charge >= 0.3 is 0 Å². The van der Waals surface area contributed by atoms with Gasteiger partial charge in [0.1, 0.15) is 0 Å². The topological polar surface area (TPSA) is 71.5 Å². The van der Waals surface area contributed by atoms with Crippen molar-refractivity contribution >= 4 is 28.3 Å². The van der Waals surface area contributed by atoms with Crippen molar-refractivity contribution in [3.05, 3.63) is 11.1 Å². The standard InChI is InChI=1S/C15H23N3O3S/c1-3-21-8-4-7-18(14(20)12-5-6-12)9-13(19)17-15-16-11(2)10-22-15/h10,12H,3-9H2,1-2H3,(H,16,17,19). The summed E-state index contributed by atoms with van der Waals surface area (Å²) >= 11 is 1.39. The maximum absolute atomic E-state index is 12.3. The third kappa shape index (κ3) is 5.38. The number of aryl methyl sites for hydroxylation is 1. The maximum Gasteiger partial charge on any atom is 0.245 e. The van der Waals surface area contributed by atoms with Crippen molar-refractivity contribution in [1.82, 2.24) is 9.88 Å². The van der Waals surface area contributed by atoms with Crippen LogP contribution >= 0.6 is 11.3 Å². The van der Waals surface area contributed by atoms with Gasteiger partial charge in [0.25, 0.3) is 0 Å². The molecule has 1 N–H and O–H groups in total. The van der Waals surface area contributed by atoms with Gasteiger partial charge in [0, 0.05) is 31.1 Å². The van der Waals surface area contributed by atoms with Gasteiger partial charge in [-0.2, -0.15) is 0 Å². The van der Waals surface area contributed by atoms with E-state index in [1.54, 1.807) is 4.90 Å². The van der Waals surface area contributed by atoms with Crippen LogP contribution in [0, 0.1) is 12.8 Å². The summed E-state index contributed by atoms with van der Waals surface area (Å²) in [7, 11) is 0. The number of carbonyl (C=O) groups is 2. The molecule has 0 unspecified atom stereocenters. The highest BCUT2D eigenvalue weighted by Crippen LogP contribution is 2.31. The number of hydrogen-bond acceptors (Lipinski definition) is 5. The second-order valence-electron chi connectivity index (χ2n) is 5.43. The molecule has 0 radical (unpaired) electrons. The van der Waals surface area contributed by atoms with Crippen LogP contribution in [-0.4, -0.2) is 48.0 Å². The molecule has 1 aromatic heterocycles. The Morgan fingerprint density at radius 2 is 2.27 bits per heavy atom. The van der Waals surface area contributed by atoms with Crippen LogP contribution < -0.4 is 5.32 Å². The van der Waals surface area contributed by atoms with Crippen molar-refractivity contribution in [1.29, 1.82) is 0 Å². The van der Waals surface area contributed by atoms with Crippen molar-refractivity contribution in [3.63, 3.8) is 0 Å². The molecule has 0 aromatic carbocycles. The summed E-state index contributed by atoms with van der Waals surface area (Å²) in [4.78, 5) is 30.2. The fourth-order valence-corrected chi connectivity index (χ4v) is 2.81. The summed E-state index contributed by atoms with van der Waals surface area (Å²) in [5, 5.41) is 5.21.